The van der Waals surface area contributed by atoms with Crippen molar-refractivity contribution in [1.82, 2.24) is 15.1 Å². The third kappa shape index (κ3) is 4.17. The van der Waals surface area contributed by atoms with Crippen LogP contribution in [0.15, 0.2) is 54.7 Å². The minimum Gasteiger partial charge on any atom is -0.487 e. The molecule has 2 heterocycles. The number of aromatic nitrogens is 2. The summed E-state index contributed by atoms with van der Waals surface area (Å²) in [5.74, 6) is 0.233. The van der Waals surface area contributed by atoms with Crippen molar-refractivity contribution in [3.63, 3.8) is 0 Å². The van der Waals surface area contributed by atoms with Crippen molar-refractivity contribution < 1.29 is 22.7 Å². The van der Waals surface area contributed by atoms with E-state index in [4.69, 9.17) is 4.74 Å². The third-order valence-electron chi connectivity index (χ3n) is 4.96. The van der Waals surface area contributed by atoms with Crippen LogP contribution in [-0.2, 0) is 23.9 Å². The number of hydrogen-bond acceptors (Lipinski definition) is 3. The zero-order chi connectivity index (χ0) is 21.3. The molecular formula is C22H20F3N3O2. The topological polar surface area (TPSA) is 56.2 Å². The van der Waals surface area contributed by atoms with Crippen molar-refractivity contribution in [3.05, 3.63) is 71.5 Å². The standard InChI is InChI=1S/C22H20F3N3O2/c1-14-9-10-28(27-14)13-20(29)26-12-16-11-15-5-4-7-18(21(15)30-16)17-6-2-3-8-19(17)22(23,24)25/h2-10,16H,11-13H2,1H3,(H,26,29)/t16-/m1/s1. The summed E-state index contributed by atoms with van der Waals surface area (Å²) in [5.41, 5.74) is 1.44. The average Bonchev–Trinajstić information content (AvgIpc) is 3.31. The highest BCUT2D eigenvalue weighted by Gasteiger charge is 2.35. The predicted octanol–water partition coefficient (Wildman–Crippen LogP) is 4.00. The number of ether oxygens (including phenoxy) is 1. The van der Waals surface area contributed by atoms with Gasteiger partial charge in [-0.05, 0) is 30.2 Å². The smallest absolute Gasteiger partial charge is 0.417 e. The number of nitrogens with zero attached hydrogens (tertiary/aromatic N) is 2. The van der Waals surface area contributed by atoms with Gasteiger partial charge in [-0.15, -0.1) is 0 Å². The molecule has 0 radical (unpaired) electrons. The first-order valence-corrected chi connectivity index (χ1v) is 9.53. The van der Waals surface area contributed by atoms with E-state index in [2.05, 4.69) is 10.4 Å². The summed E-state index contributed by atoms with van der Waals surface area (Å²) in [6.07, 6.45) is -2.57. The molecule has 0 unspecified atom stereocenters. The minimum absolute atomic E-state index is 0.0839. The number of rotatable bonds is 5. The first-order chi connectivity index (χ1) is 14.3. The molecule has 1 N–H and O–H groups in total. The zero-order valence-electron chi connectivity index (χ0n) is 16.2. The van der Waals surface area contributed by atoms with E-state index in [1.165, 1.54) is 12.1 Å². The molecule has 0 fully saturated rings. The molecule has 1 amide bonds. The van der Waals surface area contributed by atoms with Gasteiger partial charge in [0.15, 0.2) is 0 Å². The zero-order valence-corrected chi connectivity index (χ0v) is 16.2. The second-order valence-electron chi connectivity index (χ2n) is 7.24. The second kappa shape index (κ2) is 7.85. The Morgan fingerprint density at radius 2 is 1.93 bits per heavy atom. The Morgan fingerprint density at radius 1 is 1.17 bits per heavy atom. The van der Waals surface area contributed by atoms with Crippen molar-refractivity contribution >= 4 is 5.91 Å². The molecular weight excluding hydrogens is 395 g/mol. The molecule has 4 rings (SSSR count). The molecule has 0 saturated carbocycles. The van der Waals surface area contributed by atoms with Gasteiger partial charge in [-0.1, -0.05) is 36.4 Å². The monoisotopic (exact) mass is 415 g/mol. The van der Waals surface area contributed by atoms with Crippen LogP contribution in [0, 0.1) is 6.92 Å². The number of amides is 1. The van der Waals surface area contributed by atoms with Gasteiger partial charge in [-0.25, -0.2) is 0 Å². The van der Waals surface area contributed by atoms with Crippen molar-refractivity contribution in [2.24, 2.45) is 0 Å². The molecule has 30 heavy (non-hydrogen) atoms. The highest BCUT2D eigenvalue weighted by atomic mass is 19.4. The van der Waals surface area contributed by atoms with E-state index in [1.54, 1.807) is 29.1 Å². The van der Waals surface area contributed by atoms with Crippen LogP contribution in [-0.4, -0.2) is 28.3 Å². The number of para-hydroxylation sites is 1. The lowest BCUT2D eigenvalue weighted by Gasteiger charge is -2.16. The predicted molar refractivity (Wildman–Crippen MR) is 105 cm³/mol. The summed E-state index contributed by atoms with van der Waals surface area (Å²) in [7, 11) is 0. The number of carbonyl (C=O) groups is 1. The van der Waals surface area contributed by atoms with Gasteiger partial charge in [0.05, 0.1) is 17.8 Å². The highest BCUT2D eigenvalue weighted by molar-refractivity contribution is 5.77. The normalized spacial score (nSPS) is 15.5. The molecule has 0 spiro atoms. The fourth-order valence-electron chi connectivity index (χ4n) is 3.61. The van der Waals surface area contributed by atoms with Gasteiger partial charge >= 0.3 is 6.18 Å². The van der Waals surface area contributed by atoms with Crippen LogP contribution in [0.1, 0.15) is 16.8 Å². The molecule has 0 saturated heterocycles. The molecule has 0 aliphatic carbocycles. The van der Waals surface area contributed by atoms with E-state index in [0.717, 1.165) is 17.3 Å². The van der Waals surface area contributed by atoms with Crippen LogP contribution >= 0.6 is 0 Å². The second-order valence-corrected chi connectivity index (χ2v) is 7.24. The van der Waals surface area contributed by atoms with Crippen molar-refractivity contribution in [1.29, 1.82) is 0 Å². The quantitative estimate of drug-likeness (QED) is 0.686. The Bertz CT molecular complexity index is 1080. The number of aryl methyl sites for hydroxylation is 1. The van der Waals surface area contributed by atoms with Crippen LogP contribution in [0.5, 0.6) is 5.75 Å². The molecule has 5 nitrogen and oxygen atoms in total. The SMILES string of the molecule is Cc1ccn(CC(=O)NC[C@H]2Cc3cccc(-c4ccccc4C(F)(F)F)c3O2)n1. The molecule has 1 atom stereocenters. The maximum Gasteiger partial charge on any atom is 0.417 e. The van der Waals surface area contributed by atoms with Gasteiger partial charge in [0.2, 0.25) is 5.91 Å². The summed E-state index contributed by atoms with van der Waals surface area (Å²) in [6, 6.07) is 12.5. The number of carbonyl (C=O) groups excluding carboxylic acids is 1. The highest BCUT2D eigenvalue weighted by Crippen LogP contribution is 2.43. The van der Waals surface area contributed by atoms with Crippen molar-refractivity contribution in [2.45, 2.75) is 32.2 Å². The summed E-state index contributed by atoms with van der Waals surface area (Å²) < 4.78 is 47.9. The van der Waals surface area contributed by atoms with Gasteiger partial charge in [-0.3, -0.25) is 9.48 Å². The Balaban J connectivity index is 1.47. The van der Waals surface area contributed by atoms with Crippen LogP contribution < -0.4 is 10.1 Å². The Labute approximate surface area is 171 Å². The van der Waals surface area contributed by atoms with Gasteiger partial charge in [0.25, 0.3) is 0 Å². The van der Waals surface area contributed by atoms with E-state index >= 15 is 0 Å². The summed E-state index contributed by atoms with van der Waals surface area (Å²) in [5, 5.41) is 6.98. The lowest BCUT2D eigenvalue weighted by Crippen LogP contribution is -2.36. The fourth-order valence-corrected chi connectivity index (χ4v) is 3.61. The number of fused-ring (bicyclic) bond motifs is 1. The fraction of sp³-hybridized carbons (Fsp3) is 0.273. The van der Waals surface area contributed by atoms with Gasteiger partial charge in [0.1, 0.15) is 18.4 Å². The molecule has 3 aromatic rings. The van der Waals surface area contributed by atoms with Crippen molar-refractivity contribution in [3.8, 4) is 16.9 Å². The first-order valence-electron chi connectivity index (χ1n) is 9.53. The van der Waals surface area contributed by atoms with Crippen LogP contribution in [0.25, 0.3) is 11.1 Å². The number of hydrogen-bond donors (Lipinski definition) is 1. The third-order valence-corrected chi connectivity index (χ3v) is 4.96. The summed E-state index contributed by atoms with van der Waals surface area (Å²) in [6.45, 7) is 2.19. The minimum atomic E-state index is -4.46. The number of nitrogens with one attached hydrogen (secondary N) is 1. The molecule has 2 aromatic carbocycles. The molecule has 156 valence electrons. The lowest BCUT2D eigenvalue weighted by molar-refractivity contribution is -0.137. The number of benzene rings is 2. The van der Waals surface area contributed by atoms with Gasteiger partial charge < -0.3 is 10.1 Å². The Morgan fingerprint density at radius 3 is 2.67 bits per heavy atom. The molecule has 8 heteroatoms. The molecule has 1 aliphatic heterocycles. The number of halogens is 3. The molecule has 1 aromatic heterocycles. The van der Waals surface area contributed by atoms with Gasteiger partial charge in [0, 0.05) is 18.2 Å². The van der Waals surface area contributed by atoms with E-state index < -0.39 is 11.7 Å². The van der Waals surface area contributed by atoms with E-state index in [9.17, 15) is 18.0 Å². The largest absolute Gasteiger partial charge is 0.487 e. The lowest BCUT2D eigenvalue weighted by atomic mass is 9.96. The molecule has 0 bridgehead atoms. The van der Waals surface area contributed by atoms with Crippen LogP contribution in [0.2, 0.25) is 0 Å². The maximum atomic E-state index is 13.5. The Hall–Kier alpha value is -3.29. The average molecular weight is 415 g/mol. The number of alkyl halides is 3. The first kappa shape index (κ1) is 20.0. The summed E-state index contributed by atoms with van der Waals surface area (Å²) >= 11 is 0. The van der Waals surface area contributed by atoms with E-state index in [-0.39, 0.29) is 30.7 Å². The summed E-state index contributed by atoms with van der Waals surface area (Å²) in [4.78, 5) is 12.1. The van der Waals surface area contributed by atoms with E-state index in [1.807, 2.05) is 19.1 Å². The van der Waals surface area contributed by atoms with E-state index in [0.29, 0.717) is 17.7 Å². The molecule has 1 aliphatic rings. The van der Waals surface area contributed by atoms with Crippen LogP contribution in [0.4, 0.5) is 13.2 Å². The van der Waals surface area contributed by atoms with Crippen LogP contribution in [0.3, 0.4) is 0 Å². The van der Waals surface area contributed by atoms with Gasteiger partial charge in [-0.2, -0.15) is 18.3 Å². The van der Waals surface area contributed by atoms with Crippen molar-refractivity contribution in [2.75, 3.05) is 6.54 Å². The maximum absolute atomic E-state index is 13.5. The Kier molecular flexibility index (Phi) is 5.24.